The number of nitrogens with one attached hydrogen (secondary N) is 1. The van der Waals surface area contributed by atoms with Crippen molar-refractivity contribution < 1.29 is 18.7 Å². The van der Waals surface area contributed by atoms with E-state index in [0.717, 1.165) is 75.0 Å². The molecular formula is C31H35N3O4. The predicted molar refractivity (Wildman–Crippen MR) is 147 cm³/mol. The smallest absolute Gasteiger partial charge is 0.294 e. The quantitative estimate of drug-likeness (QED) is 0.479. The lowest BCUT2D eigenvalue weighted by Crippen LogP contribution is -2.46. The first kappa shape index (κ1) is 24.7. The van der Waals surface area contributed by atoms with E-state index in [-0.39, 0.29) is 23.6 Å². The van der Waals surface area contributed by atoms with E-state index in [1.807, 2.05) is 18.2 Å². The van der Waals surface area contributed by atoms with Gasteiger partial charge in [-0.15, -0.1) is 0 Å². The van der Waals surface area contributed by atoms with Crippen LogP contribution in [0.2, 0.25) is 0 Å². The van der Waals surface area contributed by atoms with Crippen LogP contribution in [0, 0.1) is 0 Å². The Bertz CT molecular complexity index is 1260. The fourth-order valence-corrected chi connectivity index (χ4v) is 6.07. The molecule has 3 aliphatic rings. The van der Waals surface area contributed by atoms with Crippen molar-refractivity contribution in [2.45, 2.75) is 57.0 Å². The molecule has 1 saturated heterocycles. The molecule has 7 heteroatoms. The van der Waals surface area contributed by atoms with Crippen molar-refractivity contribution in [2.24, 2.45) is 0 Å². The highest BCUT2D eigenvalue weighted by molar-refractivity contribution is 6.08. The Morgan fingerprint density at radius 1 is 0.921 bits per heavy atom. The number of morpholine rings is 1. The van der Waals surface area contributed by atoms with Gasteiger partial charge in [-0.25, -0.2) is 0 Å². The van der Waals surface area contributed by atoms with Crippen LogP contribution in [0.3, 0.4) is 0 Å². The number of aryl methyl sites for hydroxylation is 2. The maximum Gasteiger partial charge on any atom is 0.294 e. The molecule has 2 fully saturated rings. The maximum atomic E-state index is 14.0. The van der Waals surface area contributed by atoms with Crippen LogP contribution in [0.4, 0.5) is 11.4 Å². The van der Waals surface area contributed by atoms with Gasteiger partial charge in [0, 0.05) is 30.5 Å². The first-order valence-corrected chi connectivity index (χ1v) is 13.9. The summed E-state index contributed by atoms with van der Waals surface area (Å²) in [4.78, 5) is 32.0. The number of hydrogen-bond donors (Lipinski definition) is 1. The molecule has 7 nitrogen and oxygen atoms in total. The van der Waals surface area contributed by atoms with Gasteiger partial charge in [-0.05, 0) is 85.2 Å². The van der Waals surface area contributed by atoms with E-state index in [9.17, 15) is 9.59 Å². The molecule has 2 aromatic carbocycles. The highest BCUT2D eigenvalue weighted by Gasteiger charge is 2.36. The minimum atomic E-state index is -0.827. The Morgan fingerprint density at radius 3 is 2.42 bits per heavy atom. The van der Waals surface area contributed by atoms with E-state index in [1.165, 1.54) is 17.4 Å². The summed E-state index contributed by atoms with van der Waals surface area (Å²) in [5.74, 6) is -0.262. The molecule has 1 N–H and O–H groups in total. The summed E-state index contributed by atoms with van der Waals surface area (Å²) >= 11 is 0. The number of furan rings is 1. The monoisotopic (exact) mass is 513 g/mol. The zero-order valence-electron chi connectivity index (χ0n) is 21.7. The molecule has 0 radical (unpaired) electrons. The molecule has 0 bridgehead atoms. The van der Waals surface area contributed by atoms with Crippen molar-refractivity contribution in [3.8, 4) is 0 Å². The molecule has 2 heterocycles. The summed E-state index contributed by atoms with van der Waals surface area (Å²) in [7, 11) is 0. The lowest BCUT2D eigenvalue weighted by molar-refractivity contribution is -0.123. The Kier molecular flexibility index (Phi) is 7.18. The molecule has 3 aromatic rings. The standard InChI is InChI=1S/C31H35N3O4/c35-30(32-25-7-1-2-8-25)29(23-11-13-26(14-12-23)33-16-19-37-20-17-33)34(31(36)28-9-4-18-38-28)27-15-10-22-5-3-6-24(22)21-27/h4,9-15,18,21,25,29H,1-3,5-8,16-17,19-20H2,(H,32,35). The lowest BCUT2D eigenvalue weighted by atomic mass is 10.00. The number of hydrogen-bond acceptors (Lipinski definition) is 5. The second-order valence-electron chi connectivity index (χ2n) is 10.5. The van der Waals surface area contributed by atoms with Crippen LogP contribution in [0.25, 0.3) is 0 Å². The zero-order chi connectivity index (χ0) is 25.9. The Balaban J connectivity index is 1.41. The van der Waals surface area contributed by atoms with Crippen molar-refractivity contribution in [1.29, 1.82) is 0 Å². The summed E-state index contributed by atoms with van der Waals surface area (Å²) in [5.41, 5.74) is 5.15. The van der Waals surface area contributed by atoms with Gasteiger partial charge in [-0.2, -0.15) is 0 Å². The van der Waals surface area contributed by atoms with Crippen LogP contribution in [-0.2, 0) is 22.4 Å². The van der Waals surface area contributed by atoms with Crippen LogP contribution in [0.5, 0.6) is 0 Å². The molecule has 1 aliphatic heterocycles. The van der Waals surface area contributed by atoms with E-state index >= 15 is 0 Å². The third kappa shape index (κ3) is 5.07. The molecule has 38 heavy (non-hydrogen) atoms. The molecule has 6 rings (SSSR count). The third-order valence-electron chi connectivity index (χ3n) is 8.10. The predicted octanol–water partition coefficient (Wildman–Crippen LogP) is 5.05. The van der Waals surface area contributed by atoms with Gasteiger partial charge in [0.25, 0.3) is 5.91 Å². The van der Waals surface area contributed by atoms with Crippen molar-refractivity contribution in [2.75, 3.05) is 36.1 Å². The summed E-state index contributed by atoms with van der Waals surface area (Å²) < 4.78 is 11.1. The van der Waals surface area contributed by atoms with Gasteiger partial charge < -0.3 is 19.4 Å². The normalized spacial score (nSPS) is 18.3. The van der Waals surface area contributed by atoms with E-state index in [2.05, 4.69) is 34.5 Å². The molecule has 2 aliphatic carbocycles. The summed E-state index contributed by atoms with van der Waals surface area (Å²) in [6, 6.07) is 16.9. The maximum absolute atomic E-state index is 14.0. The number of nitrogens with zero attached hydrogens (tertiary/aromatic N) is 2. The van der Waals surface area contributed by atoms with Crippen LogP contribution < -0.4 is 15.1 Å². The number of carbonyl (C=O) groups excluding carboxylic acids is 2. The van der Waals surface area contributed by atoms with E-state index in [1.54, 1.807) is 17.0 Å². The summed E-state index contributed by atoms with van der Waals surface area (Å²) in [6.07, 6.45) is 8.82. The van der Waals surface area contributed by atoms with Crippen molar-refractivity contribution >= 4 is 23.2 Å². The van der Waals surface area contributed by atoms with E-state index in [0.29, 0.717) is 13.2 Å². The highest BCUT2D eigenvalue weighted by Crippen LogP contribution is 2.35. The first-order chi connectivity index (χ1) is 18.7. The average molecular weight is 514 g/mol. The molecule has 1 saturated carbocycles. The molecular weight excluding hydrogens is 478 g/mol. The second-order valence-corrected chi connectivity index (χ2v) is 10.5. The molecule has 2 amide bonds. The number of rotatable bonds is 7. The average Bonchev–Trinajstić information content (AvgIpc) is 3.75. The topological polar surface area (TPSA) is 75.0 Å². The molecule has 198 valence electrons. The van der Waals surface area contributed by atoms with Crippen molar-refractivity contribution in [3.05, 3.63) is 83.3 Å². The molecule has 1 aromatic heterocycles. The number of anilines is 2. The van der Waals surface area contributed by atoms with Gasteiger partial charge in [0.2, 0.25) is 5.91 Å². The fourth-order valence-electron chi connectivity index (χ4n) is 6.07. The second kappa shape index (κ2) is 11.0. The summed E-state index contributed by atoms with van der Waals surface area (Å²) in [5, 5.41) is 3.27. The number of amides is 2. The molecule has 0 spiro atoms. The molecule has 1 unspecified atom stereocenters. The largest absolute Gasteiger partial charge is 0.459 e. The van der Waals surface area contributed by atoms with E-state index < -0.39 is 6.04 Å². The van der Waals surface area contributed by atoms with Gasteiger partial charge in [0.15, 0.2) is 5.76 Å². The van der Waals surface area contributed by atoms with Crippen LogP contribution in [0.15, 0.2) is 65.3 Å². The molecule has 1 atom stereocenters. The van der Waals surface area contributed by atoms with Gasteiger partial charge in [0.1, 0.15) is 6.04 Å². The van der Waals surface area contributed by atoms with Crippen molar-refractivity contribution in [3.63, 3.8) is 0 Å². The van der Waals surface area contributed by atoms with Gasteiger partial charge in [-0.1, -0.05) is 31.0 Å². The first-order valence-electron chi connectivity index (χ1n) is 13.9. The van der Waals surface area contributed by atoms with Gasteiger partial charge in [-0.3, -0.25) is 14.5 Å². The van der Waals surface area contributed by atoms with Crippen LogP contribution in [-0.4, -0.2) is 44.2 Å². The Labute approximate surface area is 223 Å². The van der Waals surface area contributed by atoms with E-state index in [4.69, 9.17) is 9.15 Å². The third-order valence-corrected chi connectivity index (χ3v) is 8.10. The number of carbonyl (C=O) groups is 2. The Hall–Kier alpha value is -3.58. The van der Waals surface area contributed by atoms with Gasteiger partial charge in [0.05, 0.1) is 19.5 Å². The number of ether oxygens (including phenoxy) is 1. The van der Waals surface area contributed by atoms with Crippen LogP contribution >= 0.6 is 0 Å². The fraction of sp³-hybridized carbons (Fsp3) is 0.419. The summed E-state index contributed by atoms with van der Waals surface area (Å²) in [6.45, 7) is 3.09. The van der Waals surface area contributed by atoms with Gasteiger partial charge >= 0.3 is 0 Å². The zero-order valence-corrected chi connectivity index (χ0v) is 21.7. The SMILES string of the molecule is O=C(NC1CCCC1)C(c1ccc(N2CCOCC2)cc1)N(C(=O)c1ccco1)c1ccc2c(c1)CCC2. The minimum Gasteiger partial charge on any atom is -0.459 e. The number of fused-ring (bicyclic) bond motifs is 1. The lowest BCUT2D eigenvalue weighted by Gasteiger charge is -2.33. The van der Waals surface area contributed by atoms with Crippen LogP contribution in [0.1, 0.15) is 65.4 Å². The Morgan fingerprint density at radius 2 is 1.68 bits per heavy atom. The number of benzene rings is 2. The highest BCUT2D eigenvalue weighted by atomic mass is 16.5. The van der Waals surface area contributed by atoms with Crippen molar-refractivity contribution in [1.82, 2.24) is 5.32 Å². The minimum absolute atomic E-state index is 0.137.